The largest absolute Gasteiger partial charge is 0.334 e. The zero-order valence-corrected chi connectivity index (χ0v) is 10.8. The van der Waals surface area contributed by atoms with Crippen LogP contribution in [-0.2, 0) is 13.0 Å². The fourth-order valence-electron chi connectivity index (χ4n) is 2.67. The molecule has 1 aromatic carbocycles. The molecule has 3 nitrogen and oxygen atoms in total. The van der Waals surface area contributed by atoms with Gasteiger partial charge in [-0.2, -0.15) is 0 Å². The highest BCUT2D eigenvalue weighted by Gasteiger charge is 2.19. The van der Waals surface area contributed by atoms with Gasteiger partial charge in [-0.15, -0.1) is 0 Å². The highest BCUT2D eigenvalue weighted by molar-refractivity contribution is 5.16. The van der Waals surface area contributed by atoms with Crippen LogP contribution in [0.1, 0.15) is 23.6 Å². The SMILES string of the molecule is Fc1ccc(CCn2cncc2C2CCNC2)cc1. The molecule has 1 fully saturated rings. The van der Waals surface area contributed by atoms with Gasteiger partial charge in [-0.25, -0.2) is 9.37 Å². The molecule has 1 atom stereocenters. The Hall–Kier alpha value is -1.68. The number of nitrogens with one attached hydrogen (secondary N) is 1. The lowest BCUT2D eigenvalue weighted by Crippen LogP contribution is -2.12. The summed E-state index contributed by atoms with van der Waals surface area (Å²) in [6, 6.07) is 6.74. The fourth-order valence-corrected chi connectivity index (χ4v) is 2.67. The van der Waals surface area contributed by atoms with Crippen LogP contribution in [0.2, 0.25) is 0 Å². The van der Waals surface area contributed by atoms with Gasteiger partial charge in [0.05, 0.1) is 6.33 Å². The zero-order valence-electron chi connectivity index (χ0n) is 10.8. The van der Waals surface area contributed by atoms with Gasteiger partial charge in [-0.05, 0) is 37.1 Å². The van der Waals surface area contributed by atoms with Crippen molar-refractivity contribution in [2.45, 2.75) is 25.3 Å². The molecule has 0 spiro atoms. The van der Waals surface area contributed by atoms with E-state index < -0.39 is 0 Å². The van der Waals surface area contributed by atoms with Crippen molar-refractivity contribution in [3.63, 3.8) is 0 Å². The smallest absolute Gasteiger partial charge is 0.123 e. The second-order valence-electron chi connectivity index (χ2n) is 5.08. The molecule has 1 aromatic heterocycles. The van der Waals surface area contributed by atoms with Crippen molar-refractivity contribution in [2.24, 2.45) is 0 Å². The normalized spacial score (nSPS) is 18.9. The second-order valence-corrected chi connectivity index (χ2v) is 5.08. The van der Waals surface area contributed by atoms with Crippen LogP contribution in [0.25, 0.3) is 0 Å². The number of imidazole rings is 1. The van der Waals surface area contributed by atoms with E-state index in [0.717, 1.165) is 31.6 Å². The Bertz CT molecular complexity index is 527. The first-order valence-corrected chi connectivity index (χ1v) is 6.78. The molecule has 1 unspecified atom stereocenters. The molecule has 3 rings (SSSR count). The summed E-state index contributed by atoms with van der Waals surface area (Å²) in [6.07, 6.45) is 5.96. The third-order valence-corrected chi connectivity index (χ3v) is 3.78. The highest BCUT2D eigenvalue weighted by atomic mass is 19.1. The summed E-state index contributed by atoms with van der Waals surface area (Å²) >= 11 is 0. The van der Waals surface area contributed by atoms with E-state index >= 15 is 0 Å². The van der Waals surface area contributed by atoms with E-state index in [1.165, 1.54) is 24.2 Å². The van der Waals surface area contributed by atoms with E-state index in [-0.39, 0.29) is 5.82 Å². The number of aryl methyl sites for hydroxylation is 2. The summed E-state index contributed by atoms with van der Waals surface area (Å²) < 4.78 is 15.1. The molecule has 0 aliphatic carbocycles. The van der Waals surface area contributed by atoms with Gasteiger partial charge >= 0.3 is 0 Å². The fraction of sp³-hybridized carbons (Fsp3) is 0.400. The number of nitrogens with zero attached hydrogens (tertiary/aromatic N) is 2. The molecule has 1 aliphatic rings. The maximum absolute atomic E-state index is 12.8. The monoisotopic (exact) mass is 259 g/mol. The van der Waals surface area contributed by atoms with Crippen LogP contribution in [0.3, 0.4) is 0 Å². The molecule has 2 heterocycles. The minimum Gasteiger partial charge on any atom is -0.334 e. The molecule has 0 saturated carbocycles. The maximum Gasteiger partial charge on any atom is 0.123 e. The van der Waals surface area contributed by atoms with Gasteiger partial charge < -0.3 is 9.88 Å². The number of hydrogen-bond donors (Lipinski definition) is 1. The summed E-state index contributed by atoms with van der Waals surface area (Å²) in [4.78, 5) is 4.27. The number of aromatic nitrogens is 2. The Morgan fingerprint density at radius 2 is 2.16 bits per heavy atom. The summed E-state index contributed by atoms with van der Waals surface area (Å²) in [6.45, 7) is 3.04. The van der Waals surface area contributed by atoms with E-state index in [2.05, 4.69) is 14.9 Å². The quantitative estimate of drug-likeness (QED) is 0.913. The van der Waals surface area contributed by atoms with E-state index in [4.69, 9.17) is 0 Å². The maximum atomic E-state index is 12.8. The molecule has 2 aromatic rings. The van der Waals surface area contributed by atoms with Crippen LogP contribution in [0.15, 0.2) is 36.8 Å². The lowest BCUT2D eigenvalue weighted by atomic mass is 10.1. The summed E-state index contributed by atoms with van der Waals surface area (Å²) in [5.41, 5.74) is 2.47. The summed E-state index contributed by atoms with van der Waals surface area (Å²) in [7, 11) is 0. The van der Waals surface area contributed by atoms with Crippen LogP contribution in [0.4, 0.5) is 4.39 Å². The van der Waals surface area contributed by atoms with Gasteiger partial charge in [0.15, 0.2) is 0 Å². The molecule has 1 N–H and O–H groups in total. The van der Waals surface area contributed by atoms with Gasteiger partial charge in [0, 0.05) is 30.9 Å². The van der Waals surface area contributed by atoms with Crippen molar-refractivity contribution in [3.8, 4) is 0 Å². The van der Waals surface area contributed by atoms with Gasteiger partial charge in [0.25, 0.3) is 0 Å². The van der Waals surface area contributed by atoms with Crippen LogP contribution in [-0.4, -0.2) is 22.6 Å². The molecule has 0 bridgehead atoms. The first kappa shape index (κ1) is 12.4. The first-order valence-electron chi connectivity index (χ1n) is 6.78. The topological polar surface area (TPSA) is 29.9 Å². The molecule has 4 heteroatoms. The Morgan fingerprint density at radius 1 is 1.32 bits per heavy atom. The van der Waals surface area contributed by atoms with Crippen LogP contribution in [0.5, 0.6) is 0 Å². The molecule has 19 heavy (non-hydrogen) atoms. The van der Waals surface area contributed by atoms with Crippen LogP contribution < -0.4 is 5.32 Å². The first-order chi connectivity index (χ1) is 9.33. The Balaban J connectivity index is 1.66. The Labute approximate surface area is 112 Å². The molecule has 0 radical (unpaired) electrons. The van der Waals surface area contributed by atoms with Gasteiger partial charge in [-0.1, -0.05) is 12.1 Å². The van der Waals surface area contributed by atoms with Crippen molar-refractivity contribution in [1.29, 1.82) is 0 Å². The zero-order chi connectivity index (χ0) is 13.1. The van der Waals surface area contributed by atoms with Crippen molar-refractivity contribution >= 4 is 0 Å². The Morgan fingerprint density at radius 3 is 2.89 bits per heavy atom. The number of rotatable bonds is 4. The molecule has 0 amide bonds. The minimum atomic E-state index is -0.177. The van der Waals surface area contributed by atoms with Crippen molar-refractivity contribution in [2.75, 3.05) is 13.1 Å². The second kappa shape index (κ2) is 5.53. The van der Waals surface area contributed by atoms with Crippen molar-refractivity contribution < 1.29 is 4.39 Å². The van der Waals surface area contributed by atoms with E-state index in [0.29, 0.717) is 5.92 Å². The van der Waals surface area contributed by atoms with Crippen molar-refractivity contribution in [3.05, 3.63) is 53.9 Å². The van der Waals surface area contributed by atoms with E-state index in [1.807, 2.05) is 24.7 Å². The predicted octanol–water partition coefficient (Wildman–Crippen LogP) is 2.34. The summed E-state index contributed by atoms with van der Waals surface area (Å²) in [5, 5.41) is 3.39. The van der Waals surface area contributed by atoms with Gasteiger partial charge in [0.2, 0.25) is 0 Å². The minimum absolute atomic E-state index is 0.177. The van der Waals surface area contributed by atoms with E-state index in [9.17, 15) is 4.39 Å². The number of hydrogen-bond acceptors (Lipinski definition) is 2. The average molecular weight is 259 g/mol. The average Bonchev–Trinajstić information content (AvgIpc) is 3.08. The summed E-state index contributed by atoms with van der Waals surface area (Å²) in [5.74, 6) is 0.403. The van der Waals surface area contributed by atoms with E-state index in [1.54, 1.807) is 0 Å². The lowest BCUT2D eigenvalue weighted by molar-refractivity contribution is 0.608. The lowest BCUT2D eigenvalue weighted by Gasteiger charge is -2.12. The van der Waals surface area contributed by atoms with Crippen LogP contribution >= 0.6 is 0 Å². The number of benzene rings is 1. The predicted molar refractivity (Wildman–Crippen MR) is 72.6 cm³/mol. The standard InChI is InChI=1S/C15H18FN3/c16-14-3-1-12(2-4-14)6-8-19-11-18-10-15(19)13-5-7-17-9-13/h1-4,10-11,13,17H,5-9H2. The molecular weight excluding hydrogens is 241 g/mol. The van der Waals surface area contributed by atoms with Crippen LogP contribution in [0, 0.1) is 5.82 Å². The van der Waals surface area contributed by atoms with Gasteiger partial charge in [-0.3, -0.25) is 0 Å². The number of halogens is 1. The molecule has 1 saturated heterocycles. The molecule has 100 valence electrons. The van der Waals surface area contributed by atoms with Crippen molar-refractivity contribution in [1.82, 2.24) is 14.9 Å². The Kier molecular flexibility index (Phi) is 3.60. The highest BCUT2D eigenvalue weighted by Crippen LogP contribution is 2.22. The molecule has 1 aliphatic heterocycles. The third kappa shape index (κ3) is 2.84. The van der Waals surface area contributed by atoms with Gasteiger partial charge in [0.1, 0.15) is 5.82 Å². The molecular formula is C15H18FN3. The third-order valence-electron chi connectivity index (χ3n) is 3.78.